The average molecular weight is 266 g/mol. The molecule has 2 atom stereocenters. The maximum atomic E-state index is 12.0. The van der Waals surface area contributed by atoms with Crippen LogP contribution in [0.5, 0.6) is 0 Å². The lowest BCUT2D eigenvalue weighted by Crippen LogP contribution is -2.54. The van der Waals surface area contributed by atoms with Gasteiger partial charge in [0.2, 0.25) is 0 Å². The van der Waals surface area contributed by atoms with Gasteiger partial charge in [-0.25, -0.2) is 0 Å². The number of carbonyl (C=O) groups excluding carboxylic acids is 1. The summed E-state index contributed by atoms with van der Waals surface area (Å²) in [4.78, 5) is 11.5. The van der Waals surface area contributed by atoms with Crippen molar-refractivity contribution in [2.24, 2.45) is 0 Å². The average Bonchev–Trinajstić information content (AvgIpc) is 2.27. The zero-order chi connectivity index (χ0) is 13.2. The van der Waals surface area contributed by atoms with Crippen molar-refractivity contribution in [3.05, 3.63) is 0 Å². The maximum Gasteiger partial charge on any atom is 0.324 e. The standard InChI is InChI=1S/C9H18N2O5S/c1-10(2)17(14,15)11-5-4-7(12)6-8(11)9(13)16-3/h7-8,12H,4-6H2,1-3H3/t7-,8+/m1/s1. The molecule has 0 spiro atoms. The number of esters is 1. The second kappa shape index (κ2) is 5.30. The molecule has 1 aliphatic rings. The second-order valence-corrected chi connectivity index (χ2v) is 6.21. The van der Waals surface area contributed by atoms with Gasteiger partial charge in [-0.05, 0) is 6.42 Å². The second-order valence-electron chi connectivity index (χ2n) is 4.12. The van der Waals surface area contributed by atoms with E-state index in [4.69, 9.17) is 0 Å². The highest BCUT2D eigenvalue weighted by atomic mass is 32.2. The molecule has 1 N–H and O–H groups in total. The molecule has 7 nitrogen and oxygen atoms in total. The molecule has 0 amide bonds. The minimum Gasteiger partial charge on any atom is -0.468 e. The van der Waals surface area contributed by atoms with Gasteiger partial charge in [-0.3, -0.25) is 4.79 Å². The highest BCUT2D eigenvalue weighted by molar-refractivity contribution is 7.86. The zero-order valence-electron chi connectivity index (χ0n) is 10.2. The third-order valence-electron chi connectivity index (χ3n) is 2.76. The lowest BCUT2D eigenvalue weighted by atomic mass is 10.0. The van der Waals surface area contributed by atoms with E-state index in [9.17, 15) is 18.3 Å². The van der Waals surface area contributed by atoms with E-state index in [0.29, 0.717) is 6.42 Å². The number of hydrogen-bond donors (Lipinski definition) is 1. The van der Waals surface area contributed by atoms with Crippen LogP contribution in [0.1, 0.15) is 12.8 Å². The minimum absolute atomic E-state index is 0.0692. The summed E-state index contributed by atoms with van der Waals surface area (Å²) in [6.07, 6.45) is -0.284. The smallest absolute Gasteiger partial charge is 0.324 e. The number of methoxy groups -OCH3 is 1. The van der Waals surface area contributed by atoms with E-state index in [-0.39, 0.29) is 13.0 Å². The molecule has 0 bridgehead atoms. The number of aliphatic hydroxyl groups is 1. The molecule has 1 saturated heterocycles. The van der Waals surface area contributed by atoms with E-state index >= 15 is 0 Å². The number of aliphatic hydroxyl groups excluding tert-OH is 1. The monoisotopic (exact) mass is 266 g/mol. The largest absolute Gasteiger partial charge is 0.468 e. The fourth-order valence-electron chi connectivity index (χ4n) is 1.76. The first-order valence-corrected chi connectivity index (χ1v) is 6.65. The van der Waals surface area contributed by atoms with Gasteiger partial charge in [-0.1, -0.05) is 0 Å². The summed E-state index contributed by atoms with van der Waals surface area (Å²) in [6, 6.07) is -0.948. The third kappa shape index (κ3) is 2.95. The van der Waals surface area contributed by atoms with Crippen molar-refractivity contribution in [3.63, 3.8) is 0 Å². The molecule has 1 aliphatic heterocycles. The van der Waals surface area contributed by atoms with E-state index in [2.05, 4.69) is 4.74 Å². The molecule has 1 rings (SSSR count). The van der Waals surface area contributed by atoms with Crippen molar-refractivity contribution in [1.29, 1.82) is 0 Å². The highest BCUT2D eigenvalue weighted by Crippen LogP contribution is 2.22. The van der Waals surface area contributed by atoms with E-state index in [1.165, 1.54) is 21.2 Å². The number of carbonyl (C=O) groups is 1. The molecule has 0 saturated carbocycles. The van der Waals surface area contributed by atoms with Gasteiger partial charge in [0.05, 0.1) is 13.2 Å². The van der Waals surface area contributed by atoms with Gasteiger partial charge in [0.1, 0.15) is 6.04 Å². The summed E-state index contributed by atoms with van der Waals surface area (Å²) in [5, 5.41) is 9.50. The lowest BCUT2D eigenvalue weighted by molar-refractivity contribution is -0.147. The van der Waals surface area contributed by atoms with E-state index < -0.39 is 28.3 Å². The van der Waals surface area contributed by atoms with Crippen LogP contribution >= 0.6 is 0 Å². The van der Waals surface area contributed by atoms with Gasteiger partial charge in [0.15, 0.2) is 0 Å². The van der Waals surface area contributed by atoms with Gasteiger partial charge in [-0.15, -0.1) is 0 Å². The topological polar surface area (TPSA) is 87.1 Å². The van der Waals surface area contributed by atoms with Crippen LogP contribution in [0.2, 0.25) is 0 Å². The van der Waals surface area contributed by atoms with Crippen molar-refractivity contribution < 1.29 is 23.1 Å². The van der Waals surface area contributed by atoms with E-state index in [1.54, 1.807) is 0 Å². The van der Waals surface area contributed by atoms with E-state index in [0.717, 1.165) is 8.61 Å². The Labute approximate surface area is 101 Å². The van der Waals surface area contributed by atoms with Gasteiger partial charge in [-0.2, -0.15) is 17.0 Å². The van der Waals surface area contributed by atoms with Crippen LogP contribution in [0.3, 0.4) is 0 Å². The first-order chi connectivity index (χ1) is 7.80. The Morgan fingerprint density at radius 1 is 1.47 bits per heavy atom. The van der Waals surface area contributed by atoms with Gasteiger partial charge >= 0.3 is 5.97 Å². The Morgan fingerprint density at radius 3 is 2.53 bits per heavy atom. The summed E-state index contributed by atoms with van der Waals surface area (Å²) in [5.74, 6) is -0.644. The van der Waals surface area contributed by atoms with Crippen LogP contribution in [-0.4, -0.2) is 68.0 Å². The first kappa shape index (κ1) is 14.4. The predicted molar refractivity (Wildman–Crippen MR) is 60.4 cm³/mol. The molecule has 1 fully saturated rings. The van der Waals surface area contributed by atoms with Gasteiger partial charge in [0.25, 0.3) is 10.2 Å². The summed E-state index contributed by atoms with van der Waals surface area (Å²) in [7, 11) is 0.320. The normalized spacial score (nSPS) is 27.1. The number of rotatable bonds is 3. The minimum atomic E-state index is -3.67. The molecular weight excluding hydrogens is 248 g/mol. The molecule has 0 aromatic carbocycles. The van der Waals surface area contributed by atoms with E-state index in [1.807, 2.05) is 0 Å². The van der Waals surface area contributed by atoms with Gasteiger partial charge in [0, 0.05) is 27.1 Å². The molecular formula is C9H18N2O5S. The van der Waals surface area contributed by atoms with Crippen molar-refractivity contribution in [1.82, 2.24) is 8.61 Å². The van der Waals surface area contributed by atoms with Crippen LogP contribution in [0.25, 0.3) is 0 Å². The fraction of sp³-hybridized carbons (Fsp3) is 0.889. The summed E-state index contributed by atoms with van der Waals surface area (Å²) in [5.41, 5.74) is 0. The lowest BCUT2D eigenvalue weighted by Gasteiger charge is -2.36. The van der Waals surface area contributed by atoms with Crippen LogP contribution < -0.4 is 0 Å². The molecule has 0 aromatic rings. The van der Waals surface area contributed by atoms with Crippen LogP contribution in [-0.2, 0) is 19.7 Å². The first-order valence-electron chi connectivity index (χ1n) is 5.26. The van der Waals surface area contributed by atoms with Crippen LogP contribution in [0.4, 0.5) is 0 Å². The van der Waals surface area contributed by atoms with Gasteiger partial charge < -0.3 is 9.84 Å². The molecule has 0 unspecified atom stereocenters. The summed E-state index contributed by atoms with van der Waals surface area (Å²) < 4.78 is 30.7. The molecule has 17 heavy (non-hydrogen) atoms. The van der Waals surface area contributed by atoms with Crippen molar-refractivity contribution in [3.8, 4) is 0 Å². The number of hydrogen-bond acceptors (Lipinski definition) is 5. The Bertz CT molecular complexity index is 381. The van der Waals surface area contributed by atoms with Crippen molar-refractivity contribution >= 4 is 16.2 Å². The molecule has 8 heteroatoms. The predicted octanol–water partition coefficient (Wildman–Crippen LogP) is -1.21. The zero-order valence-corrected chi connectivity index (χ0v) is 11.0. The van der Waals surface area contributed by atoms with Crippen molar-refractivity contribution in [2.45, 2.75) is 25.0 Å². The third-order valence-corrected chi connectivity index (χ3v) is 4.71. The highest BCUT2D eigenvalue weighted by Gasteiger charge is 2.41. The molecule has 1 heterocycles. The number of ether oxygens (including phenoxy) is 1. The molecule has 0 aliphatic carbocycles. The molecule has 0 radical (unpaired) electrons. The Balaban J connectivity index is 3.00. The Hall–Kier alpha value is -0.700. The van der Waals surface area contributed by atoms with Crippen molar-refractivity contribution in [2.75, 3.05) is 27.7 Å². The quantitative estimate of drug-likeness (QED) is 0.648. The van der Waals surface area contributed by atoms with Crippen LogP contribution in [0.15, 0.2) is 0 Å². The Morgan fingerprint density at radius 2 is 2.06 bits per heavy atom. The number of piperidine rings is 1. The Kier molecular flexibility index (Phi) is 4.48. The summed E-state index contributed by atoms with van der Waals surface area (Å²) in [6.45, 7) is 0.113. The SMILES string of the molecule is COC(=O)[C@@H]1C[C@H](O)CCN1S(=O)(=O)N(C)C. The number of nitrogens with zero attached hydrogens (tertiary/aromatic N) is 2. The van der Waals surface area contributed by atoms with Crippen LogP contribution in [0, 0.1) is 0 Å². The molecule has 100 valence electrons. The maximum absolute atomic E-state index is 12.0. The summed E-state index contributed by atoms with van der Waals surface area (Å²) >= 11 is 0. The molecule has 0 aromatic heterocycles. The fourth-order valence-corrected chi connectivity index (χ4v) is 3.01.